The molecule has 0 amide bonds. The monoisotopic (exact) mass is 364 g/mol. The highest BCUT2D eigenvalue weighted by atomic mass is 19.3. The summed E-state index contributed by atoms with van der Waals surface area (Å²) in [7, 11) is 0. The zero-order chi connectivity index (χ0) is 18.3. The Labute approximate surface area is 146 Å². The number of hydrogen-bond donors (Lipinski definition) is 1. The van der Waals surface area contributed by atoms with Gasteiger partial charge in [-0.25, -0.2) is 27.5 Å². The van der Waals surface area contributed by atoms with Crippen molar-refractivity contribution in [2.45, 2.75) is 37.7 Å². The van der Waals surface area contributed by atoms with Crippen molar-refractivity contribution in [2.75, 3.05) is 5.32 Å². The molecule has 1 atom stereocenters. The third-order valence-electron chi connectivity index (χ3n) is 4.63. The van der Waals surface area contributed by atoms with Crippen LogP contribution in [-0.4, -0.2) is 26.3 Å². The van der Waals surface area contributed by atoms with Crippen molar-refractivity contribution in [3.05, 3.63) is 48.3 Å². The maximum Gasteiger partial charge on any atom is 0.267 e. The lowest BCUT2D eigenvalue weighted by Crippen LogP contribution is -2.34. The van der Waals surface area contributed by atoms with Crippen LogP contribution in [0, 0.1) is 0 Å². The molecule has 4 rings (SSSR count). The quantitative estimate of drug-likeness (QED) is 0.667. The number of pyridine rings is 2. The van der Waals surface area contributed by atoms with Crippen LogP contribution in [0.5, 0.6) is 0 Å². The van der Waals surface area contributed by atoms with E-state index >= 15 is 0 Å². The summed E-state index contributed by atoms with van der Waals surface area (Å²) in [5.74, 6) is -2.43. The van der Waals surface area contributed by atoms with Gasteiger partial charge in [0.25, 0.3) is 12.3 Å². The Balaban J connectivity index is 1.68. The van der Waals surface area contributed by atoms with Crippen molar-refractivity contribution in [1.29, 1.82) is 0 Å². The third kappa shape index (κ3) is 3.00. The topological polar surface area (TPSA) is 42.2 Å². The lowest BCUT2D eigenvalue weighted by atomic mass is 10.2. The van der Waals surface area contributed by atoms with E-state index in [2.05, 4.69) is 15.3 Å². The lowest BCUT2D eigenvalue weighted by molar-refractivity contribution is -0.000687. The molecule has 0 bridgehead atoms. The highest BCUT2D eigenvalue weighted by Crippen LogP contribution is 2.37. The van der Waals surface area contributed by atoms with Gasteiger partial charge in [-0.05, 0) is 37.1 Å². The molecule has 3 aromatic rings. The fourth-order valence-corrected chi connectivity index (χ4v) is 3.26. The predicted octanol–water partition coefficient (Wildman–Crippen LogP) is 4.93. The molecule has 0 saturated heterocycles. The summed E-state index contributed by atoms with van der Waals surface area (Å²) in [4.78, 5) is 8.57. The van der Waals surface area contributed by atoms with Gasteiger partial charge in [-0.15, -0.1) is 0 Å². The summed E-state index contributed by atoms with van der Waals surface area (Å²) in [5, 5.41) is 2.80. The van der Waals surface area contributed by atoms with Gasteiger partial charge in [-0.3, -0.25) is 4.40 Å². The molecule has 1 unspecified atom stereocenters. The van der Waals surface area contributed by atoms with Crippen LogP contribution in [0.25, 0.3) is 17.0 Å². The third-order valence-corrected chi connectivity index (χ3v) is 4.63. The number of hydrogen-bond acceptors (Lipinski definition) is 3. The maximum absolute atomic E-state index is 13.8. The number of anilines is 1. The molecule has 1 aliphatic carbocycles. The maximum atomic E-state index is 13.8. The molecule has 0 aliphatic heterocycles. The minimum atomic E-state index is -2.76. The van der Waals surface area contributed by atoms with Crippen LogP contribution >= 0.6 is 0 Å². The van der Waals surface area contributed by atoms with Gasteiger partial charge in [-0.1, -0.05) is 6.07 Å². The second kappa shape index (κ2) is 6.26. The molecule has 0 aromatic carbocycles. The van der Waals surface area contributed by atoms with E-state index < -0.39 is 18.4 Å². The first-order valence-electron chi connectivity index (χ1n) is 8.31. The molecular formula is C18H16F4N4. The smallest absolute Gasteiger partial charge is 0.267 e. The normalized spacial score (nSPS) is 19.3. The first-order chi connectivity index (χ1) is 12.4. The Morgan fingerprint density at radius 1 is 1.19 bits per heavy atom. The van der Waals surface area contributed by atoms with E-state index in [1.54, 1.807) is 18.2 Å². The van der Waals surface area contributed by atoms with Crippen LogP contribution in [0.15, 0.2) is 42.7 Å². The highest BCUT2D eigenvalue weighted by molar-refractivity contribution is 5.62. The molecule has 1 fully saturated rings. The number of nitrogens with zero attached hydrogens (tertiary/aromatic N) is 3. The molecular weight excluding hydrogens is 348 g/mol. The van der Waals surface area contributed by atoms with Gasteiger partial charge in [0.1, 0.15) is 11.5 Å². The number of halogens is 4. The molecule has 4 nitrogen and oxygen atoms in total. The van der Waals surface area contributed by atoms with Crippen LogP contribution in [-0.2, 0) is 0 Å². The second-order valence-electron chi connectivity index (χ2n) is 6.39. The Bertz CT molecular complexity index is 938. The first-order valence-corrected chi connectivity index (χ1v) is 8.31. The molecule has 3 heterocycles. The number of nitrogens with one attached hydrogen (secondary N) is 1. The summed E-state index contributed by atoms with van der Waals surface area (Å²) < 4.78 is 55.1. The molecule has 3 aromatic heterocycles. The largest absolute Gasteiger partial charge is 0.361 e. The fraction of sp³-hybridized carbons (Fsp3) is 0.333. The van der Waals surface area contributed by atoms with Crippen LogP contribution in [0.2, 0.25) is 0 Å². The van der Waals surface area contributed by atoms with Gasteiger partial charge in [-0.2, -0.15) is 0 Å². The summed E-state index contributed by atoms with van der Waals surface area (Å²) in [5.41, 5.74) is 1.36. The van der Waals surface area contributed by atoms with E-state index in [1.807, 2.05) is 0 Å². The van der Waals surface area contributed by atoms with Crippen LogP contribution in [0.3, 0.4) is 0 Å². The van der Waals surface area contributed by atoms with Crippen molar-refractivity contribution in [2.24, 2.45) is 0 Å². The number of alkyl halides is 4. The van der Waals surface area contributed by atoms with E-state index in [9.17, 15) is 17.6 Å². The summed E-state index contributed by atoms with van der Waals surface area (Å²) in [6.45, 7) is 0. The first kappa shape index (κ1) is 16.8. The average Bonchev–Trinajstić information content (AvgIpc) is 3.18. The van der Waals surface area contributed by atoms with Gasteiger partial charge < -0.3 is 5.32 Å². The van der Waals surface area contributed by atoms with E-state index in [4.69, 9.17) is 0 Å². The molecule has 0 radical (unpaired) electrons. The van der Waals surface area contributed by atoms with Crippen molar-refractivity contribution < 1.29 is 17.6 Å². The van der Waals surface area contributed by atoms with E-state index in [1.165, 1.54) is 28.9 Å². The number of rotatable bonds is 4. The minimum Gasteiger partial charge on any atom is -0.361 e. The summed E-state index contributed by atoms with van der Waals surface area (Å²) in [6.07, 6.45) is 0.963. The molecule has 26 heavy (non-hydrogen) atoms. The molecule has 1 N–H and O–H groups in total. The van der Waals surface area contributed by atoms with Crippen molar-refractivity contribution in [3.8, 4) is 11.4 Å². The minimum absolute atomic E-state index is 0.128. The van der Waals surface area contributed by atoms with Gasteiger partial charge in [0.15, 0.2) is 0 Å². The van der Waals surface area contributed by atoms with Crippen molar-refractivity contribution >= 4 is 11.5 Å². The summed E-state index contributed by atoms with van der Waals surface area (Å²) in [6, 6.07) is 6.88. The van der Waals surface area contributed by atoms with E-state index in [-0.39, 0.29) is 12.0 Å². The Morgan fingerprint density at radius 2 is 2.04 bits per heavy atom. The van der Waals surface area contributed by atoms with Crippen molar-refractivity contribution in [1.82, 2.24) is 14.4 Å². The lowest BCUT2D eigenvalue weighted by Gasteiger charge is -2.21. The molecule has 1 aliphatic rings. The average molecular weight is 364 g/mol. The SMILES string of the molecule is FC(F)c1ccc2ncc(-c3cccc(NC4CCCC4(F)F)n3)n2c1. The number of fused-ring (bicyclic) bond motifs is 1. The standard InChI is InChI=1S/C18H16F4N4/c19-17(20)11-6-7-16-23-9-13(26(16)10-11)12-3-1-5-15(24-12)25-14-4-2-8-18(14,21)22/h1,3,5-7,9-10,14,17H,2,4,8H2,(H,24,25). The molecule has 136 valence electrons. The zero-order valence-corrected chi connectivity index (χ0v) is 13.7. The number of imidazole rings is 1. The Hall–Kier alpha value is -2.64. The van der Waals surface area contributed by atoms with Crippen LogP contribution < -0.4 is 5.32 Å². The van der Waals surface area contributed by atoms with E-state index in [0.29, 0.717) is 35.7 Å². The van der Waals surface area contributed by atoms with Gasteiger partial charge in [0.05, 0.1) is 23.6 Å². The van der Waals surface area contributed by atoms with Crippen LogP contribution in [0.4, 0.5) is 23.4 Å². The highest BCUT2D eigenvalue weighted by Gasteiger charge is 2.43. The fourth-order valence-electron chi connectivity index (χ4n) is 3.26. The van der Waals surface area contributed by atoms with E-state index in [0.717, 1.165) is 0 Å². The number of aromatic nitrogens is 3. The van der Waals surface area contributed by atoms with Gasteiger partial charge in [0, 0.05) is 18.2 Å². The van der Waals surface area contributed by atoms with Crippen molar-refractivity contribution in [3.63, 3.8) is 0 Å². The second-order valence-corrected chi connectivity index (χ2v) is 6.39. The molecule has 0 spiro atoms. The van der Waals surface area contributed by atoms with Gasteiger partial charge in [0.2, 0.25) is 0 Å². The Kier molecular flexibility index (Phi) is 4.05. The van der Waals surface area contributed by atoms with Crippen LogP contribution in [0.1, 0.15) is 31.3 Å². The predicted molar refractivity (Wildman–Crippen MR) is 89.6 cm³/mol. The van der Waals surface area contributed by atoms with Gasteiger partial charge >= 0.3 is 0 Å². The molecule has 1 saturated carbocycles. The Morgan fingerprint density at radius 3 is 2.77 bits per heavy atom. The summed E-state index contributed by atoms with van der Waals surface area (Å²) >= 11 is 0. The molecule has 8 heteroatoms. The zero-order valence-electron chi connectivity index (χ0n) is 13.7.